The van der Waals surface area contributed by atoms with Crippen molar-refractivity contribution in [1.82, 2.24) is 0 Å². The molecule has 0 saturated carbocycles. The maximum atomic E-state index is 6.05. The first-order valence-electron chi connectivity index (χ1n) is 6.13. The third-order valence-corrected chi connectivity index (χ3v) is 4.48. The Labute approximate surface area is 113 Å². The monoisotopic (exact) mass is 261 g/mol. The summed E-state index contributed by atoms with van der Waals surface area (Å²) in [6.07, 6.45) is 1.71. The van der Waals surface area contributed by atoms with Crippen LogP contribution in [-0.4, -0.2) is 6.04 Å². The van der Waals surface area contributed by atoms with Gasteiger partial charge < -0.3 is 10.2 Å². The van der Waals surface area contributed by atoms with E-state index in [1.54, 1.807) is 6.26 Å². The highest BCUT2D eigenvalue weighted by Gasteiger charge is 2.19. The Morgan fingerprint density at radius 1 is 1.22 bits per heavy atom. The van der Waals surface area contributed by atoms with Crippen LogP contribution >= 0.6 is 11.8 Å². The van der Waals surface area contributed by atoms with Crippen molar-refractivity contribution in [1.29, 1.82) is 0 Å². The van der Waals surface area contributed by atoms with Gasteiger partial charge in [-0.15, -0.1) is 11.8 Å². The third-order valence-electron chi connectivity index (χ3n) is 2.98. The number of aryl methyl sites for hydroxylation is 1. The molecule has 0 radical (unpaired) electrons. The highest BCUT2D eigenvalue weighted by molar-refractivity contribution is 7.98. The summed E-state index contributed by atoms with van der Waals surface area (Å²) in [6, 6.07) is 12.4. The van der Waals surface area contributed by atoms with Crippen LogP contribution in [-0.2, 0) is 5.75 Å². The third kappa shape index (κ3) is 3.18. The fourth-order valence-electron chi connectivity index (χ4n) is 1.90. The van der Waals surface area contributed by atoms with Crippen LogP contribution in [0.4, 0.5) is 0 Å². The van der Waals surface area contributed by atoms with Gasteiger partial charge in [0.25, 0.3) is 0 Å². The maximum Gasteiger partial charge on any atom is 0.118 e. The molecule has 0 amide bonds. The second-order valence-corrected chi connectivity index (χ2v) is 5.66. The Morgan fingerprint density at radius 3 is 2.61 bits per heavy atom. The summed E-state index contributed by atoms with van der Waals surface area (Å²) in [4.78, 5) is 0. The van der Waals surface area contributed by atoms with Gasteiger partial charge in [0.1, 0.15) is 5.76 Å². The van der Waals surface area contributed by atoms with E-state index >= 15 is 0 Å². The predicted octanol–water partition coefficient (Wildman–Crippen LogP) is 3.91. The van der Waals surface area contributed by atoms with E-state index in [-0.39, 0.29) is 11.3 Å². The number of rotatable bonds is 5. The summed E-state index contributed by atoms with van der Waals surface area (Å²) >= 11 is 1.84. The summed E-state index contributed by atoms with van der Waals surface area (Å²) in [6.45, 7) is 4.17. The molecule has 1 aromatic carbocycles. The molecule has 1 heterocycles. The van der Waals surface area contributed by atoms with Crippen molar-refractivity contribution < 1.29 is 4.42 Å². The van der Waals surface area contributed by atoms with E-state index in [0.29, 0.717) is 0 Å². The molecule has 2 rings (SSSR count). The molecule has 0 fully saturated rings. The molecule has 2 N–H and O–H groups in total. The van der Waals surface area contributed by atoms with Crippen LogP contribution in [0.25, 0.3) is 0 Å². The molecule has 2 atom stereocenters. The molecule has 0 spiro atoms. The van der Waals surface area contributed by atoms with Crippen molar-refractivity contribution in [2.24, 2.45) is 5.73 Å². The second kappa shape index (κ2) is 6.12. The number of furan rings is 1. The summed E-state index contributed by atoms with van der Waals surface area (Å²) in [5, 5.41) is 0.208. The van der Waals surface area contributed by atoms with Crippen molar-refractivity contribution in [3.05, 3.63) is 59.5 Å². The van der Waals surface area contributed by atoms with E-state index in [4.69, 9.17) is 10.2 Å². The minimum atomic E-state index is 0.0742. The van der Waals surface area contributed by atoms with Gasteiger partial charge in [-0.25, -0.2) is 0 Å². The van der Waals surface area contributed by atoms with Gasteiger partial charge in [0, 0.05) is 11.8 Å². The first-order chi connectivity index (χ1) is 8.68. The lowest BCUT2D eigenvalue weighted by molar-refractivity contribution is 0.486. The number of hydrogen-bond acceptors (Lipinski definition) is 3. The molecule has 2 aromatic rings. The molecule has 0 bridgehead atoms. The fourth-order valence-corrected chi connectivity index (χ4v) is 3.18. The molecular weight excluding hydrogens is 242 g/mol. The van der Waals surface area contributed by atoms with E-state index in [1.807, 2.05) is 30.8 Å². The zero-order valence-electron chi connectivity index (χ0n) is 10.8. The first kappa shape index (κ1) is 13.2. The minimum absolute atomic E-state index is 0.0742. The molecule has 0 saturated heterocycles. The van der Waals surface area contributed by atoms with Gasteiger partial charge in [0.15, 0.2) is 0 Å². The van der Waals surface area contributed by atoms with E-state index in [1.165, 1.54) is 11.1 Å². The predicted molar refractivity (Wildman–Crippen MR) is 77.6 cm³/mol. The van der Waals surface area contributed by atoms with Gasteiger partial charge in [-0.2, -0.15) is 0 Å². The number of nitrogens with two attached hydrogens (primary N) is 1. The van der Waals surface area contributed by atoms with Gasteiger partial charge in [-0.3, -0.25) is 0 Å². The van der Waals surface area contributed by atoms with Crippen LogP contribution in [0.2, 0.25) is 0 Å². The zero-order chi connectivity index (χ0) is 13.0. The molecule has 0 aliphatic rings. The van der Waals surface area contributed by atoms with Crippen LogP contribution in [0.3, 0.4) is 0 Å². The van der Waals surface area contributed by atoms with Crippen LogP contribution in [0.15, 0.2) is 47.1 Å². The summed E-state index contributed by atoms with van der Waals surface area (Å²) in [5.41, 5.74) is 8.74. The lowest BCUT2D eigenvalue weighted by Crippen LogP contribution is -2.22. The van der Waals surface area contributed by atoms with Crippen LogP contribution in [0.5, 0.6) is 0 Å². The summed E-state index contributed by atoms with van der Waals surface area (Å²) < 4.78 is 5.47. The molecule has 18 heavy (non-hydrogen) atoms. The molecular formula is C15H19NOS. The van der Waals surface area contributed by atoms with Crippen molar-refractivity contribution in [3.8, 4) is 0 Å². The van der Waals surface area contributed by atoms with Crippen LogP contribution in [0, 0.1) is 6.92 Å². The van der Waals surface area contributed by atoms with Crippen LogP contribution < -0.4 is 5.73 Å². The standard InChI is InChI=1S/C15H19NOS/c1-11-6-3-4-7-13(11)10-18-15(12(2)16)14-8-5-9-17-14/h3-9,12,15H,10,16H2,1-2H3. The largest absolute Gasteiger partial charge is 0.468 e. The van der Waals surface area contributed by atoms with Gasteiger partial charge in [0.05, 0.1) is 11.5 Å². The molecule has 2 nitrogen and oxygen atoms in total. The van der Waals surface area contributed by atoms with Gasteiger partial charge >= 0.3 is 0 Å². The maximum absolute atomic E-state index is 6.05. The van der Waals surface area contributed by atoms with Crippen molar-refractivity contribution >= 4 is 11.8 Å². The lowest BCUT2D eigenvalue weighted by atomic mass is 10.1. The smallest absolute Gasteiger partial charge is 0.118 e. The number of benzene rings is 1. The van der Waals surface area contributed by atoms with Gasteiger partial charge in [-0.1, -0.05) is 24.3 Å². The highest BCUT2D eigenvalue weighted by atomic mass is 32.2. The lowest BCUT2D eigenvalue weighted by Gasteiger charge is -2.18. The zero-order valence-corrected chi connectivity index (χ0v) is 11.6. The quantitative estimate of drug-likeness (QED) is 0.887. The Morgan fingerprint density at radius 2 is 2.00 bits per heavy atom. The molecule has 1 aromatic heterocycles. The average Bonchev–Trinajstić information content (AvgIpc) is 2.85. The van der Waals surface area contributed by atoms with Gasteiger partial charge in [0.2, 0.25) is 0 Å². The summed E-state index contributed by atoms with van der Waals surface area (Å²) in [5.74, 6) is 1.92. The average molecular weight is 261 g/mol. The molecule has 96 valence electrons. The Hall–Kier alpha value is -1.19. The van der Waals surface area contributed by atoms with Gasteiger partial charge in [-0.05, 0) is 37.1 Å². The highest BCUT2D eigenvalue weighted by Crippen LogP contribution is 2.34. The van der Waals surface area contributed by atoms with E-state index in [9.17, 15) is 0 Å². The Bertz CT molecular complexity index is 479. The van der Waals surface area contributed by atoms with Crippen LogP contribution in [0.1, 0.15) is 29.1 Å². The van der Waals surface area contributed by atoms with Crippen molar-refractivity contribution in [2.45, 2.75) is 30.9 Å². The first-order valence-corrected chi connectivity index (χ1v) is 7.18. The fraction of sp³-hybridized carbons (Fsp3) is 0.333. The SMILES string of the molecule is Cc1ccccc1CSC(c1ccco1)C(C)N. The van der Waals surface area contributed by atoms with E-state index in [2.05, 4.69) is 31.2 Å². The van der Waals surface area contributed by atoms with E-state index < -0.39 is 0 Å². The van der Waals surface area contributed by atoms with E-state index in [0.717, 1.165) is 11.5 Å². The Kier molecular flexibility index (Phi) is 4.50. The molecule has 3 heteroatoms. The summed E-state index contributed by atoms with van der Waals surface area (Å²) in [7, 11) is 0. The normalized spacial score (nSPS) is 14.4. The molecule has 0 aliphatic heterocycles. The van der Waals surface area contributed by atoms with Crippen molar-refractivity contribution in [2.75, 3.05) is 0 Å². The topological polar surface area (TPSA) is 39.2 Å². The molecule has 0 aliphatic carbocycles. The second-order valence-electron chi connectivity index (χ2n) is 4.53. The number of hydrogen-bond donors (Lipinski definition) is 1. The molecule has 2 unspecified atom stereocenters. The minimum Gasteiger partial charge on any atom is -0.468 e. The van der Waals surface area contributed by atoms with Crippen molar-refractivity contribution in [3.63, 3.8) is 0 Å². The number of thioether (sulfide) groups is 1. The Balaban J connectivity index is 2.05.